The number of hydrogen-bond donors (Lipinski definition) is 2. The van der Waals surface area contributed by atoms with Crippen LogP contribution in [-0.2, 0) is 9.47 Å². The summed E-state index contributed by atoms with van der Waals surface area (Å²) < 4.78 is 9.09. The second-order valence-electron chi connectivity index (χ2n) is 3.18. The summed E-state index contributed by atoms with van der Waals surface area (Å²) in [5.41, 5.74) is 0. The van der Waals surface area contributed by atoms with Gasteiger partial charge in [-0.2, -0.15) is 0 Å². The third-order valence-electron chi connectivity index (χ3n) is 2.11. The smallest absolute Gasteiger partial charge is 0.450 e. The van der Waals surface area contributed by atoms with Gasteiger partial charge in [-0.15, -0.1) is 0 Å². The number of ether oxygens (including phenoxy) is 2. The van der Waals surface area contributed by atoms with Gasteiger partial charge in [-0.05, 0) is 19.3 Å². The highest BCUT2D eigenvalue weighted by atomic mass is 16.7. The van der Waals surface area contributed by atoms with Crippen LogP contribution in [0.5, 0.6) is 0 Å². The Morgan fingerprint density at radius 3 is 1.79 bits per heavy atom. The van der Waals surface area contributed by atoms with Crippen molar-refractivity contribution in [1.82, 2.24) is 0 Å². The predicted octanol–water partition coefficient (Wildman–Crippen LogP) is 1.69. The Balaban J connectivity index is 2.35. The summed E-state index contributed by atoms with van der Waals surface area (Å²) in [6.07, 6.45) is -1.24. The third-order valence-corrected chi connectivity index (χ3v) is 2.11. The molecule has 0 bridgehead atoms. The average molecular weight is 204 g/mol. The molecule has 2 unspecified atom stereocenters. The SMILES string of the molecule is O=C(O)OC1CCCC(OC(=O)O)C1. The van der Waals surface area contributed by atoms with Gasteiger partial charge in [0.05, 0.1) is 0 Å². The van der Waals surface area contributed by atoms with Gasteiger partial charge in [0.2, 0.25) is 0 Å². The fourth-order valence-electron chi connectivity index (χ4n) is 1.60. The molecule has 0 aliphatic heterocycles. The molecule has 2 N–H and O–H groups in total. The van der Waals surface area contributed by atoms with Crippen molar-refractivity contribution in [2.75, 3.05) is 0 Å². The molecule has 0 saturated heterocycles. The highest BCUT2D eigenvalue weighted by molar-refractivity contribution is 5.57. The first-order chi connectivity index (χ1) is 6.58. The maximum atomic E-state index is 10.2. The molecule has 14 heavy (non-hydrogen) atoms. The standard InChI is InChI=1S/C8H12O6/c9-7(10)13-5-2-1-3-6(4-5)14-8(11)12/h5-6H,1-4H2,(H,9,10)(H,11,12). The molecule has 0 aromatic heterocycles. The second-order valence-corrected chi connectivity index (χ2v) is 3.18. The Kier molecular flexibility index (Phi) is 3.55. The first-order valence-electron chi connectivity index (χ1n) is 4.37. The van der Waals surface area contributed by atoms with Crippen LogP contribution < -0.4 is 0 Å². The Morgan fingerprint density at radius 1 is 1.00 bits per heavy atom. The molecule has 0 amide bonds. The summed E-state index contributed by atoms with van der Waals surface area (Å²) in [4.78, 5) is 20.4. The summed E-state index contributed by atoms with van der Waals surface area (Å²) in [7, 11) is 0. The lowest BCUT2D eigenvalue weighted by molar-refractivity contribution is -0.0179. The largest absolute Gasteiger partial charge is 0.506 e. The molecule has 0 spiro atoms. The molecule has 1 rings (SSSR count). The molecule has 0 heterocycles. The molecule has 2 atom stereocenters. The van der Waals surface area contributed by atoms with Crippen molar-refractivity contribution < 1.29 is 29.3 Å². The van der Waals surface area contributed by atoms with Gasteiger partial charge in [0.25, 0.3) is 0 Å². The van der Waals surface area contributed by atoms with E-state index in [-0.39, 0.29) is 0 Å². The maximum Gasteiger partial charge on any atom is 0.506 e. The van der Waals surface area contributed by atoms with E-state index in [1.165, 1.54) is 0 Å². The first-order valence-corrected chi connectivity index (χ1v) is 4.37. The molecule has 1 aliphatic carbocycles. The van der Waals surface area contributed by atoms with Crippen LogP contribution in [0.15, 0.2) is 0 Å². The van der Waals surface area contributed by atoms with Crippen LogP contribution in [0, 0.1) is 0 Å². The molecule has 6 nitrogen and oxygen atoms in total. The van der Waals surface area contributed by atoms with Gasteiger partial charge in [-0.25, -0.2) is 9.59 Å². The highest BCUT2D eigenvalue weighted by Gasteiger charge is 2.27. The molecule has 0 aromatic carbocycles. The monoisotopic (exact) mass is 204 g/mol. The van der Waals surface area contributed by atoms with Crippen molar-refractivity contribution in [3.05, 3.63) is 0 Å². The molecule has 6 heteroatoms. The summed E-state index contributed by atoms with van der Waals surface area (Å²) in [6, 6.07) is 0. The quantitative estimate of drug-likeness (QED) is 0.665. The fraction of sp³-hybridized carbons (Fsp3) is 0.750. The lowest BCUT2D eigenvalue weighted by Gasteiger charge is -2.26. The molecule has 1 saturated carbocycles. The van der Waals surface area contributed by atoms with E-state index in [1.807, 2.05) is 0 Å². The van der Waals surface area contributed by atoms with Crippen molar-refractivity contribution >= 4 is 12.3 Å². The average Bonchev–Trinajstić information content (AvgIpc) is 2.01. The Bertz CT molecular complexity index is 204. The van der Waals surface area contributed by atoms with Gasteiger partial charge < -0.3 is 19.7 Å². The molecule has 1 aliphatic rings. The highest BCUT2D eigenvalue weighted by Crippen LogP contribution is 2.23. The lowest BCUT2D eigenvalue weighted by atomic mass is 9.95. The fourth-order valence-corrected chi connectivity index (χ4v) is 1.60. The van der Waals surface area contributed by atoms with Crippen molar-refractivity contribution in [1.29, 1.82) is 0 Å². The number of rotatable bonds is 2. The lowest BCUT2D eigenvalue weighted by Crippen LogP contribution is -2.30. The van der Waals surface area contributed by atoms with Crippen molar-refractivity contribution in [2.24, 2.45) is 0 Å². The van der Waals surface area contributed by atoms with Crippen LogP contribution in [0.2, 0.25) is 0 Å². The summed E-state index contributed by atoms with van der Waals surface area (Å²) >= 11 is 0. The third kappa shape index (κ3) is 3.51. The van der Waals surface area contributed by atoms with Crippen LogP contribution in [0.1, 0.15) is 25.7 Å². The van der Waals surface area contributed by atoms with Crippen LogP contribution in [-0.4, -0.2) is 34.7 Å². The minimum absolute atomic E-state index is 0.318. The van der Waals surface area contributed by atoms with Crippen molar-refractivity contribution in [3.8, 4) is 0 Å². The van der Waals surface area contributed by atoms with Crippen LogP contribution >= 0.6 is 0 Å². The van der Waals surface area contributed by atoms with Crippen LogP contribution in [0.3, 0.4) is 0 Å². The van der Waals surface area contributed by atoms with Crippen LogP contribution in [0.25, 0.3) is 0 Å². The summed E-state index contributed by atoms with van der Waals surface area (Å²) in [5.74, 6) is 0. The van der Waals surface area contributed by atoms with Gasteiger partial charge >= 0.3 is 12.3 Å². The molecule has 0 radical (unpaired) electrons. The zero-order chi connectivity index (χ0) is 10.6. The minimum Gasteiger partial charge on any atom is -0.450 e. The normalized spacial score (nSPS) is 26.6. The van der Waals surface area contributed by atoms with E-state index in [0.29, 0.717) is 19.3 Å². The zero-order valence-corrected chi connectivity index (χ0v) is 7.51. The van der Waals surface area contributed by atoms with E-state index in [2.05, 4.69) is 9.47 Å². The Labute approximate surface area is 80.4 Å². The van der Waals surface area contributed by atoms with E-state index in [1.54, 1.807) is 0 Å². The minimum atomic E-state index is -1.33. The topological polar surface area (TPSA) is 93.1 Å². The first kappa shape index (κ1) is 10.6. The Hall–Kier alpha value is -1.46. The van der Waals surface area contributed by atoms with E-state index >= 15 is 0 Å². The van der Waals surface area contributed by atoms with Gasteiger partial charge in [0, 0.05) is 6.42 Å². The summed E-state index contributed by atoms with van der Waals surface area (Å²) in [6.45, 7) is 0. The molecule has 1 fully saturated rings. The second kappa shape index (κ2) is 4.69. The van der Waals surface area contributed by atoms with Crippen molar-refractivity contribution in [2.45, 2.75) is 37.9 Å². The summed E-state index contributed by atoms with van der Waals surface area (Å²) in [5, 5.41) is 16.7. The van der Waals surface area contributed by atoms with E-state index in [9.17, 15) is 9.59 Å². The maximum absolute atomic E-state index is 10.2. The van der Waals surface area contributed by atoms with Crippen LogP contribution in [0.4, 0.5) is 9.59 Å². The van der Waals surface area contributed by atoms with Crippen molar-refractivity contribution in [3.63, 3.8) is 0 Å². The van der Waals surface area contributed by atoms with Gasteiger partial charge in [-0.3, -0.25) is 0 Å². The number of carbonyl (C=O) groups is 2. The number of hydrogen-bond acceptors (Lipinski definition) is 4. The molecular weight excluding hydrogens is 192 g/mol. The van der Waals surface area contributed by atoms with Gasteiger partial charge in [-0.1, -0.05) is 0 Å². The molecule has 0 aromatic rings. The zero-order valence-electron chi connectivity index (χ0n) is 7.51. The van der Waals surface area contributed by atoms with E-state index < -0.39 is 24.5 Å². The van der Waals surface area contributed by atoms with E-state index in [0.717, 1.165) is 6.42 Å². The van der Waals surface area contributed by atoms with Gasteiger partial charge in [0.1, 0.15) is 12.2 Å². The number of carboxylic acid groups (broad SMARTS) is 2. The van der Waals surface area contributed by atoms with Gasteiger partial charge in [0.15, 0.2) is 0 Å². The Morgan fingerprint density at radius 2 is 1.43 bits per heavy atom. The molecular formula is C8H12O6. The molecule has 80 valence electrons. The predicted molar refractivity (Wildman–Crippen MR) is 44.3 cm³/mol. The van der Waals surface area contributed by atoms with E-state index in [4.69, 9.17) is 10.2 Å².